The summed E-state index contributed by atoms with van der Waals surface area (Å²) in [6.45, 7) is 35.3. The minimum absolute atomic E-state index is 0.128. The lowest BCUT2D eigenvalue weighted by Gasteiger charge is -2.30. The van der Waals surface area contributed by atoms with Crippen molar-refractivity contribution in [3.05, 3.63) is 57.6 Å². The molecule has 0 atom stereocenters. The average molecular weight is 753 g/mol. The topological polar surface area (TPSA) is 129 Å². The quantitative estimate of drug-likeness (QED) is 0.155. The van der Waals surface area contributed by atoms with E-state index in [0.29, 0.717) is 24.3 Å². The summed E-state index contributed by atoms with van der Waals surface area (Å²) in [5, 5.41) is 0. The van der Waals surface area contributed by atoms with Gasteiger partial charge in [-0.05, 0) is 87.2 Å². The number of nitrogens with one attached hydrogen (secondary N) is 2. The molecular weight excluding hydrogens is 684 g/mol. The molecule has 10 nitrogen and oxygen atoms in total. The highest BCUT2D eigenvalue weighted by atomic mass is 16.7. The number of benzene rings is 2. The standard InChI is InChI=1S/C44H68N2O8/c1-39(2,3)29-23-27(24-30(40(4,5)6)35(29)51-37(49)53-43(13,14)15)19-21-33(47)45-46-34(48)22-20-28-25-31(41(7,8)9)36(32(26-28)42(10,11)12)52-38(50)54-44(16,17)18/h23-26H,19-22H2,1-18H3,(H,45,47)(H,46,48). The van der Waals surface area contributed by atoms with E-state index < -0.39 is 23.5 Å². The number of hydrazine groups is 1. The number of amides is 2. The van der Waals surface area contributed by atoms with E-state index in [0.717, 1.165) is 33.4 Å². The van der Waals surface area contributed by atoms with E-state index in [1.54, 1.807) is 41.5 Å². The number of carbonyl (C=O) groups is 4. The fourth-order valence-corrected chi connectivity index (χ4v) is 5.60. The van der Waals surface area contributed by atoms with Crippen LogP contribution in [-0.4, -0.2) is 35.3 Å². The number of aryl methyl sites for hydroxylation is 2. The zero-order chi connectivity index (χ0) is 41.8. The van der Waals surface area contributed by atoms with E-state index in [2.05, 4.69) is 10.9 Å². The molecule has 302 valence electrons. The van der Waals surface area contributed by atoms with Gasteiger partial charge < -0.3 is 18.9 Å². The molecule has 2 rings (SSSR count). The Kier molecular flexibility index (Phi) is 14.3. The summed E-state index contributed by atoms with van der Waals surface area (Å²) in [6.07, 6.45) is -0.469. The highest BCUT2D eigenvalue weighted by Gasteiger charge is 2.32. The number of carbonyl (C=O) groups excluding carboxylic acids is 4. The van der Waals surface area contributed by atoms with Gasteiger partial charge in [-0.2, -0.15) is 0 Å². The SMILES string of the molecule is CC(C)(C)OC(=O)Oc1c(C(C)(C)C)cc(CCC(=O)NNC(=O)CCc2cc(C(C)(C)C)c(OC(=O)OC(C)(C)C)c(C(C)(C)C)c2)cc1C(C)(C)C. The van der Waals surface area contributed by atoms with E-state index in [4.69, 9.17) is 18.9 Å². The minimum atomic E-state index is -0.769. The average Bonchev–Trinajstić information content (AvgIpc) is 2.94. The molecule has 0 spiro atoms. The summed E-state index contributed by atoms with van der Waals surface area (Å²) in [7, 11) is 0. The van der Waals surface area contributed by atoms with Crippen LogP contribution in [0.25, 0.3) is 0 Å². The van der Waals surface area contributed by atoms with E-state index in [1.165, 1.54) is 0 Å². The Morgan fingerprint density at radius 3 is 0.889 bits per heavy atom. The Bertz CT molecular complexity index is 1490. The van der Waals surface area contributed by atoms with Gasteiger partial charge in [-0.3, -0.25) is 20.4 Å². The summed E-state index contributed by atoms with van der Waals surface area (Å²) in [4.78, 5) is 51.5. The van der Waals surface area contributed by atoms with Gasteiger partial charge in [0.05, 0.1) is 0 Å². The molecule has 0 fully saturated rings. The molecule has 0 aliphatic carbocycles. The van der Waals surface area contributed by atoms with Crippen LogP contribution in [0.5, 0.6) is 11.5 Å². The van der Waals surface area contributed by atoms with Gasteiger partial charge in [-0.15, -0.1) is 0 Å². The molecule has 2 amide bonds. The Morgan fingerprint density at radius 2 is 0.685 bits per heavy atom. The molecule has 2 aromatic carbocycles. The van der Waals surface area contributed by atoms with Crippen LogP contribution in [0.3, 0.4) is 0 Å². The third-order valence-corrected chi connectivity index (χ3v) is 8.30. The second-order valence-electron chi connectivity index (χ2n) is 20.3. The summed E-state index contributed by atoms with van der Waals surface area (Å²) in [6, 6.07) is 7.90. The van der Waals surface area contributed by atoms with Crippen molar-refractivity contribution < 1.29 is 38.1 Å². The van der Waals surface area contributed by atoms with Gasteiger partial charge in [-0.25, -0.2) is 9.59 Å². The van der Waals surface area contributed by atoms with Gasteiger partial charge >= 0.3 is 12.3 Å². The molecule has 0 heterocycles. The number of rotatable bonds is 8. The lowest BCUT2D eigenvalue weighted by atomic mass is 9.78. The van der Waals surface area contributed by atoms with E-state index in [-0.39, 0.29) is 46.3 Å². The van der Waals surface area contributed by atoms with Crippen molar-refractivity contribution in [2.75, 3.05) is 0 Å². The van der Waals surface area contributed by atoms with Gasteiger partial charge in [0.25, 0.3) is 0 Å². The highest BCUT2D eigenvalue weighted by molar-refractivity contribution is 5.82. The van der Waals surface area contributed by atoms with Crippen LogP contribution in [0.4, 0.5) is 9.59 Å². The third kappa shape index (κ3) is 14.6. The number of hydrogen-bond acceptors (Lipinski definition) is 8. The van der Waals surface area contributed by atoms with Gasteiger partial charge in [0.2, 0.25) is 11.8 Å². The molecule has 0 aliphatic rings. The van der Waals surface area contributed by atoms with Crippen molar-refractivity contribution in [1.82, 2.24) is 10.9 Å². The maximum Gasteiger partial charge on any atom is 0.514 e. The van der Waals surface area contributed by atoms with Crippen molar-refractivity contribution in [3.8, 4) is 11.5 Å². The molecule has 2 N–H and O–H groups in total. The molecule has 10 heteroatoms. The van der Waals surface area contributed by atoms with Gasteiger partial charge in [0.1, 0.15) is 22.7 Å². The first-order chi connectivity index (χ1) is 24.2. The predicted octanol–water partition coefficient (Wildman–Crippen LogP) is 10.2. The second-order valence-corrected chi connectivity index (χ2v) is 20.3. The molecule has 54 heavy (non-hydrogen) atoms. The number of hydrogen-bond donors (Lipinski definition) is 2. The molecule has 2 aromatic rings. The molecule has 0 saturated carbocycles. The van der Waals surface area contributed by atoms with E-state index in [9.17, 15) is 19.2 Å². The zero-order valence-corrected chi connectivity index (χ0v) is 36.4. The fourth-order valence-electron chi connectivity index (χ4n) is 5.60. The Morgan fingerprint density at radius 1 is 0.444 bits per heavy atom. The molecule has 0 saturated heterocycles. The first kappa shape index (κ1) is 46.1. The largest absolute Gasteiger partial charge is 0.514 e. The third-order valence-electron chi connectivity index (χ3n) is 8.30. The van der Waals surface area contributed by atoms with Crippen molar-refractivity contribution in [3.63, 3.8) is 0 Å². The summed E-state index contributed by atoms with van der Waals surface area (Å²) < 4.78 is 22.7. The van der Waals surface area contributed by atoms with Gasteiger partial charge in [-0.1, -0.05) is 107 Å². The highest BCUT2D eigenvalue weighted by Crippen LogP contribution is 2.43. The van der Waals surface area contributed by atoms with Crippen LogP contribution in [0.1, 0.15) is 171 Å². The lowest BCUT2D eigenvalue weighted by molar-refractivity contribution is -0.128. The molecule has 0 bridgehead atoms. The lowest BCUT2D eigenvalue weighted by Crippen LogP contribution is -2.41. The summed E-state index contributed by atoms with van der Waals surface area (Å²) in [5.41, 5.74) is 7.34. The van der Waals surface area contributed by atoms with Crippen LogP contribution in [0, 0.1) is 0 Å². The Balaban J connectivity index is 2.22. The summed E-state index contributed by atoms with van der Waals surface area (Å²) in [5.74, 6) is 0.278. The van der Waals surface area contributed by atoms with Crippen LogP contribution in [-0.2, 0) is 53.6 Å². The Hall–Kier alpha value is -4.08. The molecule has 0 aromatic heterocycles. The maximum absolute atomic E-state index is 13.0. The van der Waals surface area contributed by atoms with Crippen LogP contribution < -0.4 is 20.3 Å². The second kappa shape index (κ2) is 16.7. The van der Waals surface area contributed by atoms with Crippen LogP contribution in [0.15, 0.2) is 24.3 Å². The van der Waals surface area contributed by atoms with Crippen molar-refractivity contribution in [2.24, 2.45) is 0 Å². The first-order valence-corrected chi connectivity index (χ1v) is 18.9. The van der Waals surface area contributed by atoms with E-state index >= 15 is 0 Å². The van der Waals surface area contributed by atoms with Crippen molar-refractivity contribution >= 4 is 24.1 Å². The maximum atomic E-state index is 13.0. The zero-order valence-electron chi connectivity index (χ0n) is 36.4. The summed E-state index contributed by atoms with van der Waals surface area (Å²) >= 11 is 0. The minimum Gasteiger partial charge on any atom is -0.428 e. The monoisotopic (exact) mass is 752 g/mol. The normalized spacial score (nSPS) is 12.9. The van der Waals surface area contributed by atoms with Crippen molar-refractivity contribution in [2.45, 2.75) is 183 Å². The predicted molar refractivity (Wildman–Crippen MR) is 214 cm³/mol. The molecule has 0 unspecified atom stereocenters. The number of ether oxygens (including phenoxy) is 4. The molecule has 0 aliphatic heterocycles. The van der Waals surface area contributed by atoms with Gasteiger partial charge in [0, 0.05) is 35.1 Å². The van der Waals surface area contributed by atoms with Crippen LogP contribution in [0.2, 0.25) is 0 Å². The van der Waals surface area contributed by atoms with Gasteiger partial charge in [0.15, 0.2) is 0 Å². The van der Waals surface area contributed by atoms with Crippen molar-refractivity contribution in [1.29, 1.82) is 0 Å². The molecule has 0 radical (unpaired) electrons. The molecular formula is C44H68N2O8. The smallest absolute Gasteiger partial charge is 0.428 e. The van der Waals surface area contributed by atoms with Crippen LogP contribution >= 0.6 is 0 Å². The Labute approximate surface area is 324 Å². The fraction of sp³-hybridized carbons (Fsp3) is 0.636. The van der Waals surface area contributed by atoms with E-state index in [1.807, 2.05) is 107 Å². The first-order valence-electron chi connectivity index (χ1n) is 18.9.